The SMILES string of the molecule is COc1cc(CN(C(=O)c2ccccc2F)[C@H]2CCS(=O)(=O)C2)cc(OC)c1OC. The molecule has 2 aromatic carbocycles. The Morgan fingerprint density at radius 2 is 1.73 bits per heavy atom. The number of halogens is 1. The number of benzene rings is 2. The number of ether oxygens (including phenoxy) is 3. The van der Waals surface area contributed by atoms with Gasteiger partial charge in [-0.1, -0.05) is 12.1 Å². The molecule has 30 heavy (non-hydrogen) atoms. The molecule has 0 spiro atoms. The van der Waals surface area contributed by atoms with Crippen molar-refractivity contribution in [2.75, 3.05) is 32.8 Å². The minimum absolute atomic E-state index is 0.00598. The van der Waals surface area contributed by atoms with Gasteiger partial charge in [0.1, 0.15) is 5.82 Å². The van der Waals surface area contributed by atoms with Crippen LogP contribution in [0.15, 0.2) is 36.4 Å². The lowest BCUT2D eigenvalue weighted by Crippen LogP contribution is -2.41. The summed E-state index contributed by atoms with van der Waals surface area (Å²) in [6, 6.07) is 8.48. The zero-order valence-electron chi connectivity index (χ0n) is 17.1. The van der Waals surface area contributed by atoms with Gasteiger partial charge in [-0.15, -0.1) is 0 Å². The summed E-state index contributed by atoms with van der Waals surface area (Å²) in [7, 11) is 1.19. The number of methoxy groups -OCH3 is 3. The third-order valence-electron chi connectivity index (χ3n) is 5.09. The number of hydrogen-bond acceptors (Lipinski definition) is 6. The molecule has 1 amide bonds. The van der Waals surface area contributed by atoms with Crippen molar-refractivity contribution in [3.8, 4) is 17.2 Å². The van der Waals surface area contributed by atoms with Gasteiger partial charge in [-0.3, -0.25) is 4.79 Å². The molecule has 2 aromatic rings. The van der Waals surface area contributed by atoms with Gasteiger partial charge in [-0.05, 0) is 36.2 Å². The van der Waals surface area contributed by atoms with Crippen LogP contribution in [0, 0.1) is 5.82 Å². The standard InChI is InChI=1S/C21H24FNO6S/c1-27-18-10-14(11-19(28-2)20(18)29-3)12-23(15-8-9-30(25,26)13-15)21(24)16-6-4-5-7-17(16)22/h4-7,10-11,15H,8-9,12-13H2,1-3H3/t15-/m0/s1. The fourth-order valence-electron chi connectivity index (χ4n) is 3.60. The van der Waals surface area contributed by atoms with Crippen molar-refractivity contribution in [3.05, 3.63) is 53.3 Å². The molecule has 0 unspecified atom stereocenters. The molecule has 0 aromatic heterocycles. The molecule has 0 aliphatic carbocycles. The molecule has 3 rings (SSSR count). The van der Waals surface area contributed by atoms with Crippen LogP contribution in [0.1, 0.15) is 22.3 Å². The van der Waals surface area contributed by atoms with Crippen LogP contribution in [0.2, 0.25) is 0 Å². The van der Waals surface area contributed by atoms with Crippen molar-refractivity contribution in [2.45, 2.75) is 19.0 Å². The Balaban J connectivity index is 2.01. The molecular formula is C21H24FNO6S. The van der Waals surface area contributed by atoms with E-state index >= 15 is 0 Å². The predicted octanol–water partition coefficient (Wildman–Crippen LogP) is 2.68. The average molecular weight is 437 g/mol. The second-order valence-electron chi connectivity index (χ2n) is 7.00. The topological polar surface area (TPSA) is 82.1 Å². The maximum Gasteiger partial charge on any atom is 0.257 e. The number of carbonyl (C=O) groups excluding carboxylic acids is 1. The second kappa shape index (κ2) is 8.91. The minimum Gasteiger partial charge on any atom is -0.493 e. The molecule has 0 bridgehead atoms. The molecule has 9 heteroatoms. The molecular weight excluding hydrogens is 413 g/mol. The Kier molecular flexibility index (Phi) is 6.50. The van der Waals surface area contributed by atoms with E-state index in [1.54, 1.807) is 18.2 Å². The van der Waals surface area contributed by atoms with Crippen LogP contribution in [-0.4, -0.2) is 58.1 Å². The zero-order valence-corrected chi connectivity index (χ0v) is 17.9. The van der Waals surface area contributed by atoms with Crippen molar-refractivity contribution in [1.29, 1.82) is 0 Å². The number of rotatable bonds is 7. The first-order valence-electron chi connectivity index (χ1n) is 9.34. The van der Waals surface area contributed by atoms with E-state index in [9.17, 15) is 17.6 Å². The van der Waals surface area contributed by atoms with Gasteiger partial charge in [0.15, 0.2) is 21.3 Å². The summed E-state index contributed by atoms with van der Waals surface area (Å²) in [5, 5.41) is 0. The second-order valence-corrected chi connectivity index (χ2v) is 9.23. The lowest BCUT2D eigenvalue weighted by Gasteiger charge is -2.29. The summed E-state index contributed by atoms with van der Waals surface area (Å²) in [5.41, 5.74) is 0.535. The maximum absolute atomic E-state index is 14.3. The minimum atomic E-state index is -3.25. The van der Waals surface area contributed by atoms with E-state index in [4.69, 9.17) is 14.2 Å². The first-order chi connectivity index (χ1) is 14.3. The highest BCUT2D eigenvalue weighted by Crippen LogP contribution is 2.39. The molecule has 0 radical (unpaired) electrons. The number of hydrogen-bond donors (Lipinski definition) is 0. The van der Waals surface area contributed by atoms with Crippen LogP contribution in [0.4, 0.5) is 4.39 Å². The molecule has 162 valence electrons. The van der Waals surface area contributed by atoms with Crippen molar-refractivity contribution in [3.63, 3.8) is 0 Å². The predicted molar refractivity (Wildman–Crippen MR) is 109 cm³/mol. The quantitative estimate of drug-likeness (QED) is 0.663. The van der Waals surface area contributed by atoms with Gasteiger partial charge in [0.05, 0.1) is 38.4 Å². The smallest absolute Gasteiger partial charge is 0.257 e. The Morgan fingerprint density at radius 3 is 2.23 bits per heavy atom. The highest BCUT2D eigenvalue weighted by atomic mass is 32.2. The van der Waals surface area contributed by atoms with Crippen molar-refractivity contribution in [1.82, 2.24) is 4.90 Å². The number of nitrogens with zero attached hydrogens (tertiary/aromatic N) is 1. The van der Waals surface area contributed by atoms with E-state index in [0.717, 1.165) is 0 Å². The number of amides is 1. The Bertz CT molecular complexity index is 1010. The molecule has 1 atom stereocenters. The third-order valence-corrected chi connectivity index (χ3v) is 6.84. The van der Waals surface area contributed by atoms with E-state index in [1.807, 2.05) is 0 Å². The third kappa shape index (κ3) is 4.51. The van der Waals surface area contributed by atoms with Gasteiger partial charge < -0.3 is 19.1 Å². The van der Waals surface area contributed by atoms with Crippen LogP contribution in [0.3, 0.4) is 0 Å². The molecule has 1 fully saturated rings. The van der Waals surface area contributed by atoms with Gasteiger partial charge in [0, 0.05) is 12.6 Å². The summed E-state index contributed by atoms with van der Waals surface area (Å²) in [6.45, 7) is 0.0596. The van der Waals surface area contributed by atoms with Gasteiger partial charge in [-0.2, -0.15) is 0 Å². The van der Waals surface area contributed by atoms with E-state index in [1.165, 1.54) is 44.4 Å². The Hall–Kier alpha value is -2.81. The number of sulfone groups is 1. The largest absolute Gasteiger partial charge is 0.493 e. The van der Waals surface area contributed by atoms with Gasteiger partial charge in [0.25, 0.3) is 5.91 Å². The van der Waals surface area contributed by atoms with Crippen molar-refractivity contribution < 1.29 is 31.8 Å². The summed E-state index contributed by atoms with van der Waals surface area (Å²) in [5.74, 6) is -0.166. The summed E-state index contributed by atoms with van der Waals surface area (Å²) >= 11 is 0. The molecule has 0 saturated carbocycles. The Morgan fingerprint density at radius 1 is 1.10 bits per heavy atom. The molecule has 1 aliphatic rings. The summed E-state index contributed by atoms with van der Waals surface area (Å²) < 4.78 is 54.4. The normalized spacial score (nSPS) is 17.4. The van der Waals surface area contributed by atoms with Crippen LogP contribution >= 0.6 is 0 Å². The van der Waals surface area contributed by atoms with E-state index in [2.05, 4.69) is 0 Å². The van der Waals surface area contributed by atoms with Crippen LogP contribution in [0.5, 0.6) is 17.2 Å². The highest BCUT2D eigenvalue weighted by molar-refractivity contribution is 7.91. The number of carbonyl (C=O) groups is 1. The first-order valence-corrected chi connectivity index (χ1v) is 11.2. The fourth-order valence-corrected chi connectivity index (χ4v) is 5.33. The molecule has 7 nitrogen and oxygen atoms in total. The van der Waals surface area contributed by atoms with E-state index in [0.29, 0.717) is 29.2 Å². The van der Waals surface area contributed by atoms with Gasteiger partial charge >= 0.3 is 0 Å². The molecule has 1 aliphatic heterocycles. The zero-order chi connectivity index (χ0) is 21.9. The van der Waals surface area contributed by atoms with Crippen LogP contribution in [-0.2, 0) is 16.4 Å². The van der Waals surface area contributed by atoms with Crippen molar-refractivity contribution >= 4 is 15.7 Å². The van der Waals surface area contributed by atoms with Gasteiger partial charge in [-0.25, -0.2) is 12.8 Å². The fraction of sp³-hybridized carbons (Fsp3) is 0.381. The molecule has 1 heterocycles. The highest BCUT2D eigenvalue weighted by Gasteiger charge is 2.36. The monoisotopic (exact) mass is 437 g/mol. The summed E-state index contributed by atoms with van der Waals surface area (Å²) in [4.78, 5) is 14.6. The Labute approximate surface area is 175 Å². The molecule has 0 N–H and O–H groups in total. The maximum atomic E-state index is 14.3. The first kappa shape index (κ1) is 21.9. The van der Waals surface area contributed by atoms with Crippen molar-refractivity contribution in [2.24, 2.45) is 0 Å². The van der Waals surface area contributed by atoms with Crippen LogP contribution < -0.4 is 14.2 Å². The molecule has 1 saturated heterocycles. The summed E-state index contributed by atoms with van der Waals surface area (Å²) in [6.07, 6.45) is 0.299. The van der Waals surface area contributed by atoms with E-state index < -0.39 is 27.6 Å². The van der Waals surface area contributed by atoms with Gasteiger partial charge in [0.2, 0.25) is 5.75 Å². The lowest BCUT2D eigenvalue weighted by molar-refractivity contribution is 0.0675. The van der Waals surface area contributed by atoms with Crippen LogP contribution in [0.25, 0.3) is 0 Å². The van der Waals surface area contributed by atoms with E-state index in [-0.39, 0.29) is 23.6 Å². The average Bonchev–Trinajstić information content (AvgIpc) is 3.10. The lowest BCUT2D eigenvalue weighted by atomic mass is 10.1.